The zero-order valence-electron chi connectivity index (χ0n) is 12.3. The summed E-state index contributed by atoms with van der Waals surface area (Å²) >= 11 is 0. The molecule has 2 aromatic rings. The third-order valence-corrected chi connectivity index (χ3v) is 3.92. The number of ether oxygens (including phenoxy) is 1. The van der Waals surface area contributed by atoms with Crippen molar-refractivity contribution in [2.75, 3.05) is 26.2 Å². The summed E-state index contributed by atoms with van der Waals surface area (Å²) in [5.41, 5.74) is 0.663. The predicted octanol–water partition coefficient (Wildman–Crippen LogP) is 2.53. The number of hydrogen-bond donors (Lipinski definition) is 0. The molecule has 1 unspecified atom stereocenters. The fraction of sp³-hybridized carbons (Fsp3) is 0.412. The van der Waals surface area contributed by atoms with Crippen LogP contribution in [0.4, 0.5) is 0 Å². The van der Waals surface area contributed by atoms with Gasteiger partial charge in [0, 0.05) is 36.4 Å². The van der Waals surface area contributed by atoms with Crippen LogP contribution in [-0.4, -0.2) is 48.0 Å². The van der Waals surface area contributed by atoms with Crippen LogP contribution >= 0.6 is 0 Å². The molecule has 0 radical (unpaired) electrons. The van der Waals surface area contributed by atoms with Gasteiger partial charge in [-0.1, -0.05) is 31.2 Å². The Labute approximate surface area is 124 Å². The van der Waals surface area contributed by atoms with Crippen LogP contribution in [0.25, 0.3) is 10.8 Å². The maximum Gasteiger partial charge on any atom is 0.195 e. The first-order chi connectivity index (χ1) is 10.3. The number of pyridine rings is 1. The van der Waals surface area contributed by atoms with Crippen molar-refractivity contribution in [1.29, 1.82) is 0 Å². The normalized spacial score (nSPS) is 19.8. The standard InChI is InChI=1S/C17H20N2O2/c1-2-7-19-8-9-21-16(12-19)17(20)15-11-18-10-13-5-3-4-6-14(13)15/h3-6,10-11,16H,2,7-9,12H2,1H3. The van der Waals surface area contributed by atoms with Gasteiger partial charge in [0.05, 0.1) is 6.61 Å². The lowest BCUT2D eigenvalue weighted by Gasteiger charge is -2.31. The number of aromatic nitrogens is 1. The van der Waals surface area contributed by atoms with Crippen molar-refractivity contribution in [3.05, 3.63) is 42.2 Å². The molecular formula is C17H20N2O2. The van der Waals surface area contributed by atoms with E-state index in [1.165, 1.54) is 0 Å². The number of benzene rings is 1. The lowest BCUT2D eigenvalue weighted by atomic mass is 10.0. The number of Topliss-reactive ketones (excluding diaryl/α,β-unsaturated/α-hetero) is 1. The summed E-state index contributed by atoms with van der Waals surface area (Å²) < 4.78 is 5.70. The smallest absolute Gasteiger partial charge is 0.195 e. The Kier molecular flexibility index (Phi) is 4.27. The monoisotopic (exact) mass is 284 g/mol. The van der Waals surface area contributed by atoms with Crippen LogP contribution in [0, 0.1) is 0 Å². The number of ketones is 1. The van der Waals surface area contributed by atoms with Crippen LogP contribution in [0.3, 0.4) is 0 Å². The third kappa shape index (κ3) is 2.96. The van der Waals surface area contributed by atoms with Gasteiger partial charge in [0.15, 0.2) is 5.78 Å². The van der Waals surface area contributed by atoms with E-state index in [-0.39, 0.29) is 11.9 Å². The van der Waals surface area contributed by atoms with Crippen LogP contribution in [-0.2, 0) is 4.74 Å². The Morgan fingerprint density at radius 1 is 1.38 bits per heavy atom. The quantitative estimate of drug-likeness (QED) is 0.809. The van der Waals surface area contributed by atoms with E-state index >= 15 is 0 Å². The van der Waals surface area contributed by atoms with Crippen molar-refractivity contribution < 1.29 is 9.53 Å². The molecule has 0 saturated carbocycles. The summed E-state index contributed by atoms with van der Waals surface area (Å²) in [4.78, 5) is 19.3. The predicted molar refractivity (Wildman–Crippen MR) is 82.5 cm³/mol. The van der Waals surface area contributed by atoms with Gasteiger partial charge in [-0.25, -0.2) is 0 Å². The fourth-order valence-electron chi connectivity index (χ4n) is 2.87. The van der Waals surface area contributed by atoms with Gasteiger partial charge in [0.25, 0.3) is 0 Å². The van der Waals surface area contributed by atoms with Crippen molar-refractivity contribution in [3.8, 4) is 0 Å². The van der Waals surface area contributed by atoms with E-state index in [1.54, 1.807) is 12.4 Å². The number of carbonyl (C=O) groups is 1. The van der Waals surface area contributed by atoms with Crippen LogP contribution in [0.15, 0.2) is 36.7 Å². The zero-order chi connectivity index (χ0) is 14.7. The lowest BCUT2D eigenvalue weighted by molar-refractivity contribution is -0.0163. The maximum atomic E-state index is 12.8. The number of hydrogen-bond acceptors (Lipinski definition) is 4. The molecule has 110 valence electrons. The Hall–Kier alpha value is -1.78. The molecule has 1 aliphatic heterocycles. The van der Waals surface area contributed by atoms with Crippen LogP contribution in [0.1, 0.15) is 23.7 Å². The SMILES string of the molecule is CCCN1CCOC(C(=O)c2cncc3ccccc23)C1. The minimum absolute atomic E-state index is 0.0418. The summed E-state index contributed by atoms with van der Waals surface area (Å²) in [7, 11) is 0. The largest absolute Gasteiger partial charge is 0.367 e. The Balaban J connectivity index is 1.86. The number of rotatable bonds is 4. The highest BCUT2D eigenvalue weighted by Crippen LogP contribution is 2.20. The van der Waals surface area contributed by atoms with Crippen molar-refractivity contribution in [2.45, 2.75) is 19.4 Å². The minimum atomic E-state index is -0.377. The molecule has 0 spiro atoms. The first-order valence-electron chi connectivity index (χ1n) is 7.50. The molecule has 0 amide bonds. The van der Waals surface area contributed by atoms with Gasteiger partial charge in [-0.2, -0.15) is 0 Å². The molecule has 1 aromatic carbocycles. The molecule has 3 rings (SSSR count). The van der Waals surface area contributed by atoms with Crippen molar-refractivity contribution in [2.24, 2.45) is 0 Å². The molecule has 2 heterocycles. The molecule has 21 heavy (non-hydrogen) atoms. The lowest BCUT2D eigenvalue weighted by Crippen LogP contribution is -2.46. The molecule has 1 saturated heterocycles. The number of carbonyl (C=O) groups excluding carboxylic acids is 1. The molecule has 0 aliphatic carbocycles. The summed E-state index contributed by atoms with van der Waals surface area (Å²) in [6.07, 6.45) is 4.17. The van der Waals surface area contributed by atoms with Gasteiger partial charge in [-0.05, 0) is 18.4 Å². The molecule has 4 nitrogen and oxygen atoms in total. The van der Waals surface area contributed by atoms with Crippen LogP contribution < -0.4 is 0 Å². The number of morpholine rings is 1. The fourth-order valence-corrected chi connectivity index (χ4v) is 2.87. The van der Waals surface area contributed by atoms with Gasteiger partial charge in [0.1, 0.15) is 6.10 Å². The molecular weight excluding hydrogens is 264 g/mol. The number of nitrogens with zero attached hydrogens (tertiary/aromatic N) is 2. The van der Waals surface area contributed by atoms with E-state index in [0.717, 1.165) is 30.3 Å². The van der Waals surface area contributed by atoms with Gasteiger partial charge in [0.2, 0.25) is 0 Å². The molecule has 4 heteroatoms. The summed E-state index contributed by atoms with van der Waals surface area (Å²) in [5.74, 6) is 0.0418. The summed E-state index contributed by atoms with van der Waals surface area (Å²) in [6, 6.07) is 7.85. The first kappa shape index (κ1) is 14.2. The van der Waals surface area contributed by atoms with E-state index in [0.29, 0.717) is 18.7 Å². The van der Waals surface area contributed by atoms with Crippen LogP contribution in [0.5, 0.6) is 0 Å². The second-order valence-electron chi connectivity index (χ2n) is 5.43. The van der Waals surface area contributed by atoms with E-state index in [4.69, 9.17) is 4.74 Å². The van der Waals surface area contributed by atoms with Crippen LogP contribution in [0.2, 0.25) is 0 Å². The molecule has 1 aliphatic rings. The average Bonchev–Trinajstić information content (AvgIpc) is 2.54. The second-order valence-corrected chi connectivity index (χ2v) is 5.43. The highest BCUT2D eigenvalue weighted by atomic mass is 16.5. The zero-order valence-corrected chi connectivity index (χ0v) is 12.3. The molecule has 1 fully saturated rings. The topological polar surface area (TPSA) is 42.4 Å². The van der Waals surface area contributed by atoms with Gasteiger partial charge >= 0.3 is 0 Å². The minimum Gasteiger partial charge on any atom is -0.367 e. The number of fused-ring (bicyclic) bond motifs is 1. The maximum absolute atomic E-state index is 12.8. The van der Waals surface area contributed by atoms with Crippen molar-refractivity contribution in [3.63, 3.8) is 0 Å². The highest BCUT2D eigenvalue weighted by Gasteiger charge is 2.28. The third-order valence-electron chi connectivity index (χ3n) is 3.92. The van der Waals surface area contributed by atoms with Gasteiger partial charge < -0.3 is 4.74 Å². The highest BCUT2D eigenvalue weighted by molar-refractivity contribution is 6.09. The Morgan fingerprint density at radius 2 is 2.24 bits per heavy atom. The van der Waals surface area contributed by atoms with E-state index in [1.807, 2.05) is 24.3 Å². The average molecular weight is 284 g/mol. The molecule has 0 N–H and O–H groups in total. The molecule has 1 aromatic heterocycles. The van der Waals surface area contributed by atoms with E-state index < -0.39 is 0 Å². The van der Waals surface area contributed by atoms with Crippen molar-refractivity contribution in [1.82, 2.24) is 9.88 Å². The first-order valence-corrected chi connectivity index (χ1v) is 7.50. The summed E-state index contributed by atoms with van der Waals surface area (Å²) in [5, 5.41) is 1.94. The van der Waals surface area contributed by atoms with E-state index in [9.17, 15) is 4.79 Å². The van der Waals surface area contributed by atoms with Crippen molar-refractivity contribution >= 4 is 16.6 Å². The second kappa shape index (κ2) is 6.33. The Bertz CT molecular complexity index is 634. The van der Waals surface area contributed by atoms with E-state index in [2.05, 4.69) is 16.8 Å². The molecule has 0 bridgehead atoms. The Morgan fingerprint density at radius 3 is 3.10 bits per heavy atom. The van der Waals surface area contributed by atoms with Gasteiger partial charge in [-0.3, -0.25) is 14.7 Å². The van der Waals surface area contributed by atoms with Gasteiger partial charge in [-0.15, -0.1) is 0 Å². The molecule has 1 atom stereocenters. The summed E-state index contributed by atoms with van der Waals surface area (Å²) in [6.45, 7) is 5.37.